The van der Waals surface area contributed by atoms with E-state index >= 15 is 0 Å². The monoisotopic (exact) mass is 133 g/mol. The van der Waals surface area contributed by atoms with Crippen LogP contribution < -0.4 is 0 Å². The van der Waals surface area contributed by atoms with Crippen LogP contribution in [0.3, 0.4) is 0 Å². The molecule has 0 N–H and O–H groups in total. The van der Waals surface area contributed by atoms with Gasteiger partial charge < -0.3 is 0 Å². The van der Waals surface area contributed by atoms with Crippen molar-refractivity contribution in [2.24, 2.45) is 4.99 Å². The van der Waals surface area contributed by atoms with E-state index in [1.54, 1.807) is 12.4 Å². The van der Waals surface area contributed by atoms with E-state index < -0.39 is 0 Å². The average molecular weight is 133 g/mol. The second kappa shape index (κ2) is 1.87. The first-order valence-electron chi connectivity index (χ1n) is 3.20. The molecule has 1 aliphatic heterocycles. The van der Waals surface area contributed by atoms with Crippen LogP contribution in [0.15, 0.2) is 17.4 Å². The number of nitrogens with zero attached hydrogens (tertiary/aromatic N) is 3. The van der Waals surface area contributed by atoms with Gasteiger partial charge in [0, 0.05) is 17.7 Å². The molecule has 0 bridgehead atoms. The van der Waals surface area contributed by atoms with Crippen molar-refractivity contribution in [1.29, 1.82) is 0 Å². The predicted molar refractivity (Wildman–Crippen MR) is 38.5 cm³/mol. The Labute approximate surface area is 58.8 Å². The van der Waals surface area contributed by atoms with Gasteiger partial charge in [0.05, 0.1) is 18.1 Å². The summed E-state index contributed by atoms with van der Waals surface area (Å²) in [6, 6.07) is 0. The Morgan fingerprint density at radius 1 is 1.30 bits per heavy atom. The summed E-state index contributed by atoms with van der Waals surface area (Å²) in [6.07, 6.45) is 4.41. The Hall–Kier alpha value is -1.25. The molecule has 50 valence electrons. The number of hydrogen-bond acceptors (Lipinski definition) is 3. The molecule has 3 nitrogen and oxygen atoms in total. The zero-order valence-electron chi connectivity index (χ0n) is 5.70. The third kappa shape index (κ3) is 0.708. The number of fused-ring (bicyclic) bond motifs is 1. The predicted octanol–water partition coefficient (Wildman–Crippen LogP) is 1.13. The van der Waals surface area contributed by atoms with E-state index in [2.05, 4.69) is 15.2 Å². The zero-order valence-corrected chi connectivity index (χ0v) is 5.70. The molecule has 0 unspecified atom stereocenters. The van der Waals surface area contributed by atoms with Crippen LogP contribution in [0.5, 0.6) is 0 Å². The van der Waals surface area contributed by atoms with Crippen molar-refractivity contribution in [2.75, 3.05) is 0 Å². The third-order valence-electron chi connectivity index (χ3n) is 1.55. The summed E-state index contributed by atoms with van der Waals surface area (Å²) in [4.78, 5) is 4.27. The third-order valence-corrected chi connectivity index (χ3v) is 1.55. The molecule has 0 aliphatic carbocycles. The number of hydrogen-bond donors (Lipinski definition) is 0. The van der Waals surface area contributed by atoms with Gasteiger partial charge in [-0.3, -0.25) is 4.99 Å². The van der Waals surface area contributed by atoms with Crippen LogP contribution in [0.4, 0.5) is 5.69 Å². The quantitative estimate of drug-likeness (QED) is 0.532. The maximum Gasteiger partial charge on any atom is 0.0882 e. The summed E-state index contributed by atoms with van der Waals surface area (Å²) in [7, 11) is 0. The van der Waals surface area contributed by atoms with Gasteiger partial charge >= 0.3 is 0 Å². The first-order chi connectivity index (χ1) is 4.86. The smallest absolute Gasteiger partial charge is 0.0882 e. The van der Waals surface area contributed by atoms with Crippen LogP contribution in [0.1, 0.15) is 12.5 Å². The second-order valence-corrected chi connectivity index (χ2v) is 2.42. The Morgan fingerprint density at radius 3 is 2.90 bits per heavy atom. The van der Waals surface area contributed by atoms with E-state index in [9.17, 15) is 0 Å². The molecular formula is C7H7N3. The van der Waals surface area contributed by atoms with Crippen LogP contribution in [-0.2, 0) is 6.42 Å². The van der Waals surface area contributed by atoms with E-state index in [1.807, 2.05) is 6.92 Å². The van der Waals surface area contributed by atoms with Gasteiger partial charge in [0.2, 0.25) is 0 Å². The Bertz CT molecular complexity index is 291. The molecule has 3 heteroatoms. The maximum absolute atomic E-state index is 4.27. The standard InChI is InChI=1S/C7H7N3/c1-5-2-6-3-8-9-4-7(6)10-5/h3-4H,2H2,1H3. The summed E-state index contributed by atoms with van der Waals surface area (Å²) in [5.41, 5.74) is 3.31. The summed E-state index contributed by atoms with van der Waals surface area (Å²) >= 11 is 0. The molecule has 1 aliphatic rings. The molecule has 0 saturated heterocycles. The molecule has 0 atom stereocenters. The van der Waals surface area contributed by atoms with Crippen LogP contribution in [0, 0.1) is 0 Å². The molecule has 0 spiro atoms. The number of rotatable bonds is 0. The normalized spacial score (nSPS) is 14.7. The fourth-order valence-corrected chi connectivity index (χ4v) is 1.10. The van der Waals surface area contributed by atoms with Gasteiger partial charge in [-0.2, -0.15) is 10.2 Å². The van der Waals surface area contributed by atoms with E-state index in [1.165, 1.54) is 5.56 Å². The lowest BCUT2D eigenvalue weighted by Crippen LogP contribution is -1.89. The molecule has 0 radical (unpaired) electrons. The van der Waals surface area contributed by atoms with Crippen molar-refractivity contribution < 1.29 is 0 Å². The van der Waals surface area contributed by atoms with Gasteiger partial charge in [-0.25, -0.2) is 0 Å². The summed E-state index contributed by atoms with van der Waals surface area (Å²) in [6.45, 7) is 2.01. The van der Waals surface area contributed by atoms with Crippen LogP contribution >= 0.6 is 0 Å². The minimum absolute atomic E-state index is 0.935. The molecule has 0 fully saturated rings. The minimum atomic E-state index is 0.935. The maximum atomic E-state index is 4.27. The Balaban J connectivity index is 2.54. The summed E-state index contributed by atoms with van der Waals surface area (Å²) in [5.74, 6) is 0. The summed E-state index contributed by atoms with van der Waals surface area (Å²) in [5, 5.41) is 7.50. The van der Waals surface area contributed by atoms with Crippen molar-refractivity contribution in [3.05, 3.63) is 18.0 Å². The van der Waals surface area contributed by atoms with Crippen molar-refractivity contribution in [3.8, 4) is 0 Å². The fraction of sp³-hybridized carbons (Fsp3) is 0.286. The molecule has 1 aromatic rings. The topological polar surface area (TPSA) is 38.1 Å². The highest BCUT2D eigenvalue weighted by Crippen LogP contribution is 2.23. The lowest BCUT2D eigenvalue weighted by atomic mass is 10.2. The Kier molecular flexibility index (Phi) is 1.03. The van der Waals surface area contributed by atoms with Crippen molar-refractivity contribution in [1.82, 2.24) is 10.2 Å². The van der Waals surface area contributed by atoms with Crippen molar-refractivity contribution in [3.63, 3.8) is 0 Å². The minimum Gasteiger partial charge on any atom is -0.256 e. The molecular weight excluding hydrogens is 126 g/mol. The van der Waals surface area contributed by atoms with Gasteiger partial charge in [0.15, 0.2) is 0 Å². The zero-order chi connectivity index (χ0) is 6.97. The van der Waals surface area contributed by atoms with Gasteiger partial charge in [0.25, 0.3) is 0 Å². The highest BCUT2D eigenvalue weighted by atomic mass is 15.1. The largest absolute Gasteiger partial charge is 0.256 e. The average Bonchev–Trinajstić information content (AvgIpc) is 2.27. The molecule has 0 amide bonds. The molecule has 0 saturated carbocycles. The second-order valence-electron chi connectivity index (χ2n) is 2.42. The van der Waals surface area contributed by atoms with Crippen LogP contribution in [0.25, 0.3) is 0 Å². The van der Waals surface area contributed by atoms with E-state index in [-0.39, 0.29) is 0 Å². The molecule has 2 rings (SSSR count). The fourth-order valence-electron chi connectivity index (χ4n) is 1.10. The van der Waals surface area contributed by atoms with E-state index in [0.29, 0.717) is 0 Å². The highest BCUT2D eigenvalue weighted by molar-refractivity contribution is 5.91. The van der Waals surface area contributed by atoms with Crippen LogP contribution in [0.2, 0.25) is 0 Å². The molecule has 2 heterocycles. The van der Waals surface area contributed by atoms with Gasteiger partial charge in [-0.1, -0.05) is 0 Å². The first kappa shape index (κ1) is 5.53. The van der Waals surface area contributed by atoms with E-state index in [0.717, 1.165) is 17.8 Å². The SMILES string of the molecule is CC1=Nc2cnncc2C1. The summed E-state index contributed by atoms with van der Waals surface area (Å²) < 4.78 is 0. The molecule has 1 aromatic heterocycles. The highest BCUT2D eigenvalue weighted by Gasteiger charge is 2.09. The van der Waals surface area contributed by atoms with Gasteiger partial charge in [-0.05, 0) is 6.92 Å². The molecule has 0 aromatic carbocycles. The van der Waals surface area contributed by atoms with Gasteiger partial charge in [0.1, 0.15) is 0 Å². The number of aromatic nitrogens is 2. The van der Waals surface area contributed by atoms with E-state index in [4.69, 9.17) is 0 Å². The Morgan fingerprint density at radius 2 is 2.10 bits per heavy atom. The molecule has 10 heavy (non-hydrogen) atoms. The van der Waals surface area contributed by atoms with Crippen molar-refractivity contribution in [2.45, 2.75) is 13.3 Å². The first-order valence-corrected chi connectivity index (χ1v) is 3.20. The lowest BCUT2D eigenvalue weighted by Gasteiger charge is -1.89. The van der Waals surface area contributed by atoms with Crippen molar-refractivity contribution >= 4 is 11.4 Å². The van der Waals surface area contributed by atoms with Crippen LogP contribution in [-0.4, -0.2) is 15.9 Å². The van der Waals surface area contributed by atoms with Gasteiger partial charge in [-0.15, -0.1) is 0 Å². The lowest BCUT2D eigenvalue weighted by molar-refractivity contribution is 1.01. The number of aliphatic imine (C=N–C) groups is 1.